The highest BCUT2D eigenvalue weighted by Crippen LogP contribution is 2.34. The first-order valence-corrected chi connectivity index (χ1v) is 17.7. The Labute approximate surface area is 315 Å². The first kappa shape index (κ1) is 38.8. The topological polar surface area (TPSA) is 195 Å². The van der Waals surface area contributed by atoms with E-state index >= 15 is 0 Å². The Morgan fingerprint density at radius 1 is 0.873 bits per heavy atom. The van der Waals surface area contributed by atoms with Crippen LogP contribution >= 0.6 is 0 Å². The van der Waals surface area contributed by atoms with Gasteiger partial charge < -0.3 is 38.2 Å². The second kappa shape index (κ2) is 17.0. The van der Waals surface area contributed by atoms with Gasteiger partial charge in [-0.15, -0.1) is 5.10 Å². The summed E-state index contributed by atoms with van der Waals surface area (Å²) in [6.45, 7) is 5.28. The molecule has 1 aliphatic carbocycles. The molecule has 55 heavy (non-hydrogen) atoms. The highest BCUT2D eigenvalue weighted by molar-refractivity contribution is 6.10. The van der Waals surface area contributed by atoms with E-state index in [1.54, 1.807) is 10.9 Å². The molecule has 17 nitrogen and oxygen atoms in total. The fourth-order valence-corrected chi connectivity index (χ4v) is 6.34. The molecule has 2 aromatic carbocycles. The maximum absolute atomic E-state index is 12.1. The summed E-state index contributed by atoms with van der Waals surface area (Å²) in [5.41, 5.74) is 3.57. The third kappa shape index (κ3) is 9.42. The Balaban J connectivity index is 1.12. The molecule has 1 N–H and O–H groups in total. The largest absolute Gasteiger partial charge is 0.463 e. The fourth-order valence-electron chi connectivity index (χ4n) is 6.34. The van der Waals surface area contributed by atoms with Crippen molar-refractivity contribution in [1.29, 1.82) is 0 Å². The van der Waals surface area contributed by atoms with Crippen molar-refractivity contribution >= 4 is 51.4 Å². The lowest BCUT2D eigenvalue weighted by molar-refractivity contribution is -0.310. The Bertz CT molecular complexity index is 2250. The number of aromatic nitrogens is 4. The van der Waals surface area contributed by atoms with Gasteiger partial charge in [0, 0.05) is 69.4 Å². The third-order valence-corrected chi connectivity index (χ3v) is 8.70. The summed E-state index contributed by atoms with van der Waals surface area (Å²) in [5.74, 6) is -2.12. The van der Waals surface area contributed by atoms with E-state index in [1.807, 2.05) is 67.2 Å². The number of anilines is 1. The van der Waals surface area contributed by atoms with Crippen molar-refractivity contribution in [2.45, 2.75) is 78.0 Å². The zero-order valence-electron chi connectivity index (χ0n) is 31.3. The molecule has 1 fully saturated rings. The summed E-state index contributed by atoms with van der Waals surface area (Å²) in [5, 5.41) is 15.0. The van der Waals surface area contributed by atoms with E-state index in [0.717, 1.165) is 53.8 Å². The molecule has 0 amide bonds. The zero-order chi connectivity index (χ0) is 39.2. The van der Waals surface area contributed by atoms with Gasteiger partial charge in [-0.05, 0) is 12.5 Å². The molecule has 1 saturated heterocycles. The van der Waals surface area contributed by atoms with Crippen LogP contribution in [0.1, 0.15) is 39.8 Å². The van der Waals surface area contributed by atoms with Crippen LogP contribution < -0.4 is 15.2 Å². The standard InChI is InChI=1S/C38H42N6O11/c1-21(45)49-20-33-35(51-22(2)46)36(52-23(3)47)37(53-24(4)48)38(55-33)50-19-25-18-44(42-41-25)15-9-14-39-30-17-32-34(28-11-8-7-10-27(28)30)40-29-13-12-26(43(5)6)16-31(29)54-32/h7-8,10-13,16-18,33,35-38H,9,14-15,19-20H2,1-6H3/p+1/t33-,35-,36+,37-,38-/m1/s1. The van der Waals surface area contributed by atoms with Crippen LogP contribution in [-0.4, -0.2) is 102 Å². The molecular formula is C38H43N6O11+. The Morgan fingerprint density at radius 3 is 2.29 bits per heavy atom. The minimum Gasteiger partial charge on any atom is -0.463 e. The molecule has 3 heterocycles. The summed E-state index contributed by atoms with van der Waals surface area (Å²) >= 11 is 0. The van der Waals surface area contributed by atoms with Crippen LogP contribution in [0.5, 0.6) is 0 Å². The molecule has 0 unspecified atom stereocenters. The lowest BCUT2D eigenvalue weighted by Gasteiger charge is -2.43. The van der Waals surface area contributed by atoms with E-state index in [1.165, 1.54) is 6.92 Å². The molecule has 0 radical (unpaired) electrons. The second-order valence-corrected chi connectivity index (χ2v) is 13.2. The van der Waals surface area contributed by atoms with Gasteiger partial charge in [-0.2, -0.15) is 0 Å². The van der Waals surface area contributed by atoms with Crippen LogP contribution in [0, 0.1) is 0 Å². The quantitative estimate of drug-likeness (QED) is 0.0459. The second-order valence-electron chi connectivity index (χ2n) is 13.2. The van der Waals surface area contributed by atoms with E-state index in [4.69, 9.17) is 37.8 Å². The van der Waals surface area contributed by atoms with Gasteiger partial charge in [0.05, 0.1) is 18.9 Å². The number of hydrogen-bond acceptors (Lipinski definition) is 15. The van der Waals surface area contributed by atoms with Gasteiger partial charge in [0.15, 0.2) is 35.9 Å². The van der Waals surface area contributed by atoms with Crippen molar-refractivity contribution in [3.8, 4) is 11.5 Å². The van der Waals surface area contributed by atoms with E-state index in [0.29, 0.717) is 36.5 Å². The molecule has 0 saturated carbocycles. The van der Waals surface area contributed by atoms with Crippen LogP contribution in [0.4, 0.5) is 5.69 Å². The molecule has 3 aliphatic rings. The summed E-state index contributed by atoms with van der Waals surface area (Å²) in [6, 6.07) is 16.0. The maximum atomic E-state index is 12.1. The van der Waals surface area contributed by atoms with E-state index in [9.17, 15) is 19.2 Å². The Morgan fingerprint density at radius 2 is 1.58 bits per heavy atom. The Kier molecular flexibility index (Phi) is 12.0. The van der Waals surface area contributed by atoms with Gasteiger partial charge in [0.25, 0.3) is 0 Å². The summed E-state index contributed by atoms with van der Waals surface area (Å²) in [6.07, 6.45) is -4.03. The van der Waals surface area contributed by atoms with Gasteiger partial charge in [-0.3, -0.25) is 23.9 Å². The monoisotopic (exact) mass is 759 g/mol. The number of aryl methyl sites for hydroxylation is 1. The van der Waals surface area contributed by atoms with Gasteiger partial charge >= 0.3 is 23.9 Å². The molecule has 6 rings (SSSR count). The smallest absolute Gasteiger partial charge is 0.303 e. The number of carbonyl (C=O) groups is 4. The van der Waals surface area contributed by atoms with Gasteiger partial charge in [-0.1, -0.05) is 29.5 Å². The number of nitrogens with one attached hydrogen (secondary N) is 1. The van der Waals surface area contributed by atoms with Crippen molar-refractivity contribution in [3.05, 3.63) is 65.8 Å². The van der Waals surface area contributed by atoms with Crippen LogP contribution in [0.3, 0.4) is 0 Å². The number of benzene rings is 3. The third-order valence-electron chi connectivity index (χ3n) is 8.70. The molecule has 0 spiro atoms. The molecule has 3 aromatic rings. The van der Waals surface area contributed by atoms with Gasteiger partial charge in [0.1, 0.15) is 43.7 Å². The van der Waals surface area contributed by atoms with Crippen molar-refractivity contribution in [2.24, 2.45) is 0 Å². The minimum atomic E-state index is -1.34. The SMILES string of the molecule is CC(=O)OC[C@H]1O[C@@H](OCc2cn(CCCNc3cc4oc5cc(=[N+](C)C)ccc-5nc4c4ccccc34)nn2)[C@H](OC(C)=O)[C@@H](OC(C)=O)[C@@H]1OC(C)=O. The van der Waals surface area contributed by atoms with E-state index < -0.39 is 54.6 Å². The van der Waals surface area contributed by atoms with E-state index in [-0.39, 0.29) is 13.2 Å². The lowest BCUT2D eigenvalue weighted by Crippen LogP contribution is -2.62. The van der Waals surface area contributed by atoms with Crippen LogP contribution in [-0.2, 0) is 60.8 Å². The maximum Gasteiger partial charge on any atom is 0.303 e. The molecule has 0 bridgehead atoms. The summed E-state index contributed by atoms with van der Waals surface area (Å²) in [4.78, 5) is 52.8. The van der Waals surface area contributed by atoms with Crippen molar-refractivity contribution < 1.29 is 52.0 Å². The Hall–Kier alpha value is -5.94. The molecule has 2 aliphatic heterocycles. The van der Waals surface area contributed by atoms with E-state index in [2.05, 4.69) is 15.6 Å². The number of ether oxygens (including phenoxy) is 6. The van der Waals surface area contributed by atoms with Crippen molar-refractivity contribution in [3.63, 3.8) is 0 Å². The number of rotatable bonds is 13. The molecular weight excluding hydrogens is 716 g/mol. The number of carbonyl (C=O) groups excluding carboxylic acids is 4. The van der Waals surface area contributed by atoms with Crippen LogP contribution in [0.15, 0.2) is 59.1 Å². The lowest BCUT2D eigenvalue weighted by atomic mass is 9.98. The van der Waals surface area contributed by atoms with Crippen molar-refractivity contribution in [2.75, 3.05) is 32.6 Å². The zero-order valence-corrected chi connectivity index (χ0v) is 31.3. The average molecular weight is 760 g/mol. The minimum absolute atomic E-state index is 0.142. The predicted octanol–water partition coefficient (Wildman–Crippen LogP) is 2.81. The molecule has 1 aromatic heterocycles. The molecule has 5 atom stereocenters. The fraction of sp³-hybridized carbons (Fsp3) is 0.421. The number of nitrogens with zero attached hydrogens (tertiary/aromatic N) is 5. The normalized spacial score (nSPS) is 19.6. The average Bonchev–Trinajstić information content (AvgIpc) is 3.59. The van der Waals surface area contributed by atoms with Gasteiger partial charge in [0.2, 0.25) is 5.36 Å². The number of fused-ring (bicyclic) bond motifs is 4. The number of esters is 4. The molecule has 17 heteroatoms. The summed E-state index contributed by atoms with van der Waals surface area (Å²) < 4.78 is 43.5. The first-order valence-electron chi connectivity index (χ1n) is 17.7. The van der Waals surface area contributed by atoms with Crippen LogP contribution in [0.25, 0.3) is 33.3 Å². The first-order chi connectivity index (χ1) is 26.4. The van der Waals surface area contributed by atoms with Crippen LogP contribution in [0.2, 0.25) is 0 Å². The van der Waals surface area contributed by atoms with Crippen molar-refractivity contribution in [1.82, 2.24) is 24.6 Å². The number of hydrogen-bond donors (Lipinski definition) is 1. The van der Waals surface area contributed by atoms with Gasteiger partial charge in [-0.25, -0.2) is 9.56 Å². The molecule has 290 valence electrons. The highest BCUT2D eigenvalue weighted by atomic mass is 16.7. The highest BCUT2D eigenvalue weighted by Gasteiger charge is 2.52. The predicted molar refractivity (Wildman–Crippen MR) is 195 cm³/mol. The summed E-state index contributed by atoms with van der Waals surface area (Å²) in [7, 11) is 3.96.